The van der Waals surface area contributed by atoms with E-state index in [1.807, 2.05) is 13.8 Å². The molecule has 1 heterocycles. The molecule has 0 radical (unpaired) electrons. The summed E-state index contributed by atoms with van der Waals surface area (Å²) in [5, 5.41) is 0. The fraction of sp³-hybridized carbons (Fsp3) is 0.583. The lowest BCUT2D eigenvalue weighted by molar-refractivity contribution is 0.0523. The predicted molar refractivity (Wildman–Crippen MR) is 71.1 cm³/mol. The van der Waals surface area contributed by atoms with Crippen molar-refractivity contribution in [3.05, 3.63) is 26.4 Å². The first-order chi connectivity index (χ1) is 8.81. The molecule has 7 heteroatoms. The third kappa shape index (κ3) is 2.86. The molecule has 0 amide bonds. The summed E-state index contributed by atoms with van der Waals surface area (Å²) in [5.74, 6) is -0.800. The molecule has 0 aliphatic heterocycles. The quantitative estimate of drug-likeness (QED) is 0.774. The molecule has 0 aromatic carbocycles. The number of nitrogen functional groups attached to an aromatic ring is 1. The van der Waals surface area contributed by atoms with Crippen LogP contribution in [0.15, 0.2) is 9.59 Å². The molecule has 7 nitrogen and oxygen atoms in total. The molecule has 1 rings (SSSR count). The van der Waals surface area contributed by atoms with Crippen molar-refractivity contribution in [2.45, 2.75) is 27.3 Å². The molecule has 0 spiro atoms. The van der Waals surface area contributed by atoms with Gasteiger partial charge in [0.1, 0.15) is 5.82 Å². The van der Waals surface area contributed by atoms with E-state index >= 15 is 0 Å². The number of hydrogen-bond donors (Lipinski definition) is 1. The van der Waals surface area contributed by atoms with E-state index in [0.717, 1.165) is 4.57 Å². The van der Waals surface area contributed by atoms with Crippen molar-refractivity contribution in [1.82, 2.24) is 9.13 Å². The number of ether oxygens (including phenoxy) is 1. The molecule has 0 aliphatic rings. The number of hydrogen-bond acceptors (Lipinski definition) is 5. The Morgan fingerprint density at radius 3 is 2.42 bits per heavy atom. The van der Waals surface area contributed by atoms with Crippen LogP contribution in [0.4, 0.5) is 5.82 Å². The topological polar surface area (TPSA) is 96.3 Å². The zero-order valence-electron chi connectivity index (χ0n) is 11.6. The third-order valence-corrected chi connectivity index (χ3v) is 2.61. The van der Waals surface area contributed by atoms with Crippen molar-refractivity contribution in [3.8, 4) is 0 Å². The monoisotopic (exact) mass is 269 g/mol. The second kappa shape index (κ2) is 5.73. The van der Waals surface area contributed by atoms with Crippen molar-refractivity contribution >= 4 is 11.8 Å². The molecule has 0 atom stereocenters. The van der Waals surface area contributed by atoms with Crippen LogP contribution in [0.1, 0.15) is 31.1 Å². The maximum atomic E-state index is 12.0. The Hall–Kier alpha value is -2.05. The average molecular weight is 269 g/mol. The molecule has 0 unspecified atom stereocenters. The van der Waals surface area contributed by atoms with E-state index in [9.17, 15) is 14.4 Å². The van der Waals surface area contributed by atoms with Crippen molar-refractivity contribution in [1.29, 1.82) is 0 Å². The Morgan fingerprint density at radius 1 is 1.37 bits per heavy atom. The normalized spacial score (nSPS) is 10.8. The number of anilines is 1. The van der Waals surface area contributed by atoms with Crippen LogP contribution in [0.25, 0.3) is 0 Å². The summed E-state index contributed by atoms with van der Waals surface area (Å²) in [6.07, 6.45) is 0. The Morgan fingerprint density at radius 2 is 1.95 bits per heavy atom. The number of esters is 1. The van der Waals surface area contributed by atoms with Gasteiger partial charge in [-0.2, -0.15) is 0 Å². The molecule has 0 bridgehead atoms. The smallest absolute Gasteiger partial charge is 0.347 e. The second-order valence-electron chi connectivity index (χ2n) is 4.63. The van der Waals surface area contributed by atoms with Gasteiger partial charge in [-0.3, -0.25) is 13.9 Å². The highest BCUT2D eigenvalue weighted by molar-refractivity contribution is 5.93. The number of nitrogens with two attached hydrogens (primary N) is 1. The van der Waals surface area contributed by atoms with Gasteiger partial charge in [0.15, 0.2) is 5.56 Å². The Bertz CT molecular complexity index is 598. The minimum absolute atomic E-state index is 0.130. The number of carbonyl (C=O) groups excluding carboxylic acids is 1. The van der Waals surface area contributed by atoms with Gasteiger partial charge in [0.25, 0.3) is 5.56 Å². The van der Waals surface area contributed by atoms with Gasteiger partial charge in [-0.15, -0.1) is 0 Å². The lowest BCUT2D eigenvalue weighted by Crippen LogP contribution is -2.43. The summed E-state index contributed by atoms with van der Waals surface area (Å²) in [6.45, 7) is 5.89. The van der Waals surface area contributed by atoms with Gasteiger partial charge < -0.3 is 10.5 Å². The zero-order valence-corrected chi connectivity index (χ0v) is 11.6. The van der Waals surface area contributed by atoms with Crippen LogP contribution in [0.5, 0.6) is 0 Å². The molecule has 1 aromatic rings. The van der Waals surface area contributed by atoms with Gasteiger partial charge >= 0.3 is 11.7 Å². The summed E-state index contributed by atoms with van der Waals surface area (Å²) in [7, 11) is 1.31. The number of nitrogens with zero attached hydrogens (tertiary/aromatic N) is 2. The van der Waals surface area contributed by atoms with E-state index in [4.69, 9.17) is 10.5 Å². The molecule has 0 saturated carbocycles. The first kappa shape index (κ1) is 15.0. The molecule has 0 fully saturated rings. The van der Waals surface area contributed by atoms with Gasteiger partial charge in [0.2, 0.25) is 0 Å². The maximum absolute atomic E-state index is 12.0. The third-order valence-electron chi connectivity index (χ3n) is 2.61. The van der Waals surface area contributed by atoms with Crippen molar-refractivity contribution < 1.29 is 9.53 Å². The predicted octanol–water partition coefficient (Wildman–Crippen LogP) is -0.0381. The van der Waals surface area contributed by atoms with Crippen LogP contribution in [0.2, 0.25) is 0 Å². The van der Waals surface area contributed by atoms with E-state index in [-0.39, 0.29) is 23.9 Å². The average Bonchev–Trinajstić information content (AvgIpc) is 2.32. The van der Waals surface area contributed by atoms with Gasteiger partial charge in [-0.25, -0.2) is 9.59 Å². The highest BCUT2D eigenvalue weighted by Crippen LogP contribution is 2.08. The standard InChI is InChI=1S/C12H19N3O4/c1-5-19-11(17)8-9(13)15(6-7(2)3)12(18)14(4)10(8)16/h7H,5-6,13H2,1-4H3. The first-order valence-corrected chi connectivity index (χ1v) is 6.07. The largest absolute Gasteiger partial charge is 0.462 e. The van der Waals surface area contributed by atoms with Gasteiger partial charge in [-0.05, 0) is 12.8 Å². The highest BCUT2D eigenvalue weighted by atomic mass is 16.5. The molecular weight excluding hydrogens is 250 g/mol. The second-order valence-corrected chi connectivity index (χ2v) is 4.63. The molecule has 106 valence electrons. The van der Waals surface area contributed by atoms with E-state index < -0.39 is 17.2 Å². The summed E-state index contributed by atoms with van der Waals surface area (Å²) in [4.78, 5) is 35.7. The van der Waals surface area contributed by atoms with Gasteiger partial charge in [-0.1, -0.05) is 13.8 Å². The van der Waals surface area contributed by atoms with Gasteiger partial charge in [0, 0.05) is 13.6 Å². The molecule has 0 aliphatic carbocycles. The first-order valence-electron chi connectivity index (χ1n) is 6.07. The van der Waals surface area contributed by atoms with E-state index in [1.165, 1.54) is 11.6 Å². The fourth-order valence-corrected chi connectivity index (χ4v) is 1.72. The van der Waals surface area contributed by atoms with Crippen LogP contribution >= 0.6 is 0 Å². The lowest BCUT2D eigenvalue weighted by atomic mass is 10.2. The minimum atomic E-state index is -0.807. The van der Waals surface area contributed by atoms with Crippen LogP contribution in [0, 0.1) is 5.92 Å². The van der Waals surface area contributed by atoms with Crippen molar-refractivity contribution in [3.63, 3.8) is 0 Å². The molecule has 19 heavy (non-hydrogen) atoms. The summed E-state index contributed by atoms with van der Waals surface area (Å²) < 4.78 is 6.88. The SMILES string of the molecule is CCOC(=O)c1c(N)n(CC(C)C)c(=O)n(C)c1=O. The number of rotatable bonds is 4. The minimum Gasteiger partial charge on any atom is -0.462 e. The Balaban J connectivity index is 3.57. The zero-order chi connectivity index (χ0) is 14.7. The lowest BCUT2D eigenvalue weighted by Gasteiger charge is -2.15. The van der Waals surface area contributed by atoms with Gasteiger partial charge in [0.05, 0.1) is 6.61 Å². The molecular formula is C12H19N3O4. The van der Waals surface area contributed by atoms with Crippen LogP contribution in [-0.4, -0.2) is 21.7 Å². The summed E-state index contributed by atoms with van der Waals surface area (Å²) >= 11 is 0. The van der Waals surface area contributed by atoms with E-state index in [0.29, 0.717) is 6.54 Å². The Kier molecular flexibility index (Phi) is 4.52. The number of aromatic nitrogens is 2. The summed E-state index contributed by atoms with van der Waals surface area (Å²) in [5.41, 5.74) is 4.22. The van der Waals surface area contributed by atoms with Crippen molar-refractivity contribution in [2.75, 3.05) is 12.3 Å². The molecule has 0 saturated heterocycles. The van der Waals surface area contributed by atoms with Crippen LogP contribution in [0.3, 0.4) is 0 Å². The van der Waals surface area contributed by atoms with Crippen LogP contribution in [-0.2, 0) is 18.3 Å². The van der Waals surface area contributed by atoms with Crippen molar-refractivity contribution in [2.24, 2.45) is 13.0 Å². The van der Waals surface area contributed by atoms with E-state index in [2.05, 4.69) is 0 Å². The van der Waals surface area contributed by atoms with E-state index in [1.54, 1.807) is 6.92 Å². The molecule has 1 aromatic heterocycles. The molecule has 2 N–H and O–H groups in total. The summed E-state index contributed by atoms with van der Waals surface area (Å²) in [6, 6.07) is 0. The maximum Gasteiger partial charge on any atom is 0.347 e. The van der Waals surface area contributed by atoms with Crippen LogP contribution < -0.4 is 17.0 Å². The fourth-order valence-electron chi connectivity index (χ4n) is 1.72. The highest BCUT2D eigenvalue weighted by Gasteiger charge is 2.22. The Labute approximate surface area is 110 Å². The number of carbonyl (C=O) groups is 1.